The summed E-state index contributed by atoms with van der Waals surface area (Å²) in [6.07, 6.45) is 11.3. The first-order valence-electron chi connectivity index (χ1n) is 8.28. The van der Waals surface area contributed by atoms with Crippen molar-refractivity contribution in [2.24, 2.45) is 4.99 Å². The van der Waals surface area contributed by atoms with E-state index in [0.29, 0.717) is 6.04 Å². The van der Waals surface area contributed by atoms with Crippen LogP contribution in [0.5, 0.6) is 0 Å². The van der Waals surface area contributed by atoms with E-state index >= 15 is 0 Å². The largest absolute Gasteiger partial charge is 0.357 e. The van der Waals surface area contributed by atoms with Crippen LogP contribution in [0.15, 0.2) is 17.4 Å². The molecule has 0 bridgehead atoms. The molecular formula is C16H29N5S. The molecule has 2 atom stereocenters. The fraction of sp³-hybridized carbons (Fsp3) is 0.750. The average molecular weight is 324 g/mol. The van der Waals surface area contributed by atoms with Crippen molar-refractivity contribution in [2.75, 3.05) is 19.3 Å². The number of hydrogen-bond donors (Lipinski definition) is 2. The summed E-state index contributed by atoms with van der Waals surface area (Å²) in [4.78, 5) is 4.69. The average Bonchev–Trinajstić information content (AvgIpc) is 2.93. The number of aromatic nitrogens is 2. The Balaban J connectivity index is 1.83. The lowest BCUT2D eigenvalue weighted by Gasteiger charge is -2.29. The van der Waals surface area contributed by atoms with Crippen molar-refractivity contribution in [1.29, 1.82) is 0 Å². The van der Waals surface area contributed by atoms with Gasteiger partial charge in [-0.25, -0.2) is 0 Å². The Kier molecular flexibility index (Phi) is 7.09. The molecule has 1 aliphatic rings. The zero-order chi connectivity index (χ0) is 15.8. The Morgan fingerprint density at radius 1 is 1.50 bits per heavy atom. The second-order valence-corrected chi connectivity index (χ2v) is 7.05. The fourth-order valence-corrected chi connectivity index (χ4v) is 3.68. The SMILES string of the molecule is CCNC(=NCCn1cc(C)cn1)NC1CCCC(SC)C1. The van der Waals surface area contributed by atoms with Gasteiger partial charge in [0.15, 0.2) is 5.96 Å². The summed E-state index contributed by atoms with van der Waals surface area (Å²) in [6, 6.07) is 0.552. The monoisotopic (exact) mass is 323 g/mol. The highest BCUT2D eigenvalue weighted by molar-refractivity contribution is 7.99. The van der Waals surface area contributed by atoms with Crippen molar-refractivity contribution < 1.29 is 0 Å². The molecule has 6 heteroatoms. The molecule has 0 aromatic carbocycles. The van der Waals surface area contributed by atoms with E-state index in [1.807, 2.05) is 22.6 Å². The third-order valence-corrected chi connectivity index (χ3v) is 5.10. The summed E-state index contributed by atoms with van der Waals surface area (Å²) in [5, 5.41) is 12.1. The van der Waals surface area contributed by atoms with Gasteiger partial charge >= 0.3 is 0 Å². The maximum Gasteiger partial charge on any atom is 0.191 e. The van der Waals surface area contributed by atoms with Gasteiger partial charge in [0.2, 0.25) is 0 Å². The molecule has 1 aromatic rings. The molecule has 22 heavy (non-hydrogen) atoms. The predicted octanol–water partition coefficient (Wildman–Crippen LogP) is 2.42. The third-order valence-electron chi connectivity index (χ3n) is 4.01. The summed E-state index contributed by atoms with van der Waals surface area (Å²) in [6.45, 7) is 6.63. The second kappa shape index (κ2) is 9.08. The van der Waals surface area contributed by atoms with Crippen LogP contribution < -0.4 is 10.6 Å². The fourth-order valence-electron chi connectivity index (χ4n) is 2.86. The molecule has 1 heterocycles. The first kappa shape index (κ1) is 17.2. The van der Waals surface area contributed by atoms with Crippen LogP contribution in [0.25, 0.3) is 0 Å². The van der Waals surface area contributed by atoms with Gasteiger partial charge in [-0.3, -0.25) is 9.67 Å². The zero-order valence-electron chi connectivity index (χ0n) is 14.0. The Bertz CT molecular complexity index is 471. The van der Waals surface area contributed by atoms with E-state index in [1.165, 1.54) is 31.2 Å². The third kappa shape index (κ3) is 5.55. The summed E-state index contributed by atoms with van der Waals surface area (Å²) in [5.74, 6) is 0.943. The number of nitrogens with one attached hydrogen (secondary N) is 2. The molecule has 0 radical (unpaired) electrons. The Morgan fingerprint density at radius 3 is 3.05 bits per heavy atom. The number of guanidine groups is 1. The second-order valence-electron chi connectivity index (χ2n) is 5.91. The lowest BCUT2D eigenvalue weighted by molar-refractivity contribution is 0.419. The number of aliphatic imine (C=N–C) groups is 1. The van der Waals surface area contributed by atoms with Crippen LogP contribution in [-0.4, -0.2) is 46.4 Å². The maximum atomic E-state index is 4.69. The number of rotatable bonds is 6. The molecule has 1 fully saturated rings. The molecule has 0 amide bonds. The van der Waals surface area contributed by atoms with Crippen LogP contribution in [-0.2, 0) is 6.54 Å². The summed E-state index contributed by atoms with van der Waals surface area (Å²) < 4.78 is 1.95. The molecular weight excluding hydrogens is 294 g/mol. The normalized spacial score (nSPS) is 22.6. The lowest BCUT2D eigenvalue weighted by Crippen LogP contribution is -2.45. The van der Waals surface area contributed by atoms with E-state index < -0.39 is 0 Å². The van der Waals surface area contributed by atoms with Gasteiger partial charge in [0.05, 0.1) is 19.3 Å². The highest BCUT2D eigenvalue weighted by Gasteiger charge is 2.21. The van der Waals surface area contributed by atoms with Gasteiger partial charge in [-0.2, -0.15) is 16.9 Å². The first-order valence-corrected chi connectivity index (χ1v) is 9.56. The highest BCUT2D eigenvalue weighted by atomic mass is 32.2. The Hall–Kier alpha value is -1.17. The van der Waals surface area contributed by atoms with Crippen LogP contribution in [0, 0.1) is 6.92 Å². The molecule has 5 nitrogen and oxygen atoms in total. The van der Waals surface area contributed by atoms with Crippen LogP contribution in [0.4, 0.5) is 0 Å². The summed E-state index contributed by atoms with van der Waals surface area (Å²) in [7, 11) is 0. The van der Waals surface area contributed by atoms with Crippen molar-refractivity contribution in [3.63, 3.8) is 0 Å². The van der Waals surface area contributed by atoms with Crippen molar-refractivity contribution in [2.45, 2.75) is 57.4 Å². The molecule has 2 N–H and O–H groups in total. The summed E-state index contributed by atoms with van der Waals surface area (Å²) in [5.41, 5.74) is 1.19. The molecule has 1 saturated carbocycles. The molecule has 2 unspecified atom stereocenters. The minimum atomic E-state index is 0.552. The van der Waals surface area contributed by atoms with Gasteiger partial charge in [0, 0.05) is 24.0 Å². The Morgan fingerprint density at radius 2 is 2.36 bits per heavy atom. The van der Waals surface area contributed by atoms with Gasteiger partial charge in [-0.15, -0.1) is 0 Å². The smallest absolute Gasteiger partial charge is 0.191 e. The predicted molar refractivity (Wildman–Crippen MR) is 95.6 cm³/mol. The zero-order valence-corrected chi connectivity index (χ0v) is 14.8. The minimum absolute atomic E-state index is 0.552. The molecule has 1 aliphatic carbocycles. The van der Waals surface area contributed by atoms with Crippen LogP contribution in [0.3, 0.4) is 0 Å². The van der Waals surface area contributed by atoms with Crippen LogP contribution in [0.2, 0.25) is 0 Å². The molecule has 2 rings (SSSR count). The van der Waals surface area contributed by atoms with Gasteiger partial charge in [0.1, 0.15) is 0 Å². The van der Waals surface area contributed by atoms with Crippen molar-refractivity contribution >= 4 is 17.7 Å². The van der Waals surface area contributed by atoms with E-state index in [0.717, 1.165) is 30.8 Å². The molecule has 0 saturated heterocycles. The van der Waals surface area contributed by atoms with Crippen LogP contribution in [0.1, 0.15) is 38.2 Å². The maximum absolute atomic E-state index is 4.69. The number of hydrogen-bond acceptors (Lipinski definition) is 3. The van der Waals surface area contributed by atoms with Crippen molar-refractivity contribution in [1.82, 2.24) is 20.4 Å². The molecule has 124 valence electrons. The summed E-state index contributed by atoms with van der Waals surface area (Å²) >= 11 is 2.00. The van der Waals surface area contributed by atoms with E-state index in [9.17, 15) is 0 Å². The van der Waals surface area contributed by atoms with Gasteiger partial charge in [-0.1, -0.05) is 6.42 Å². The van der Waals surface area contributed by atoms with Crippen LogP contribution >= 0.6 is 11.8 Å². The number of thioether (sulfide) groups is 1. The quantitative estimate of drug-likeness (QED) is 0.623. The Labute approximate surface area is 138 Å². The minimum Gasteiger partial charge on any atom is -0.357 e. The van der Waals surface area contributed by atoms with E-state index in [1.54, 1.807) is 0 Å². The van der Waals surface area contributed by atoms with Gasteiger partial charge in [0.25, 0.3) is 0 Å². The van der Waals surface area contributed by atoms with Gasteiger partial charge in [-0.05, 0) is 44.9 Å². The van der Waals surface area contributed by atoms with Gasteiger partial charge < -0.3 is 10.6 Å². The molecule has 0 aliphatic heterocycles. The number of aryl methyl sites for hydroxylation is 1. The lowest BCUT2D eigenvalue weighted by atomic mass is 9.95. The molecule has 1 aromatic heterocycles. The topological polar surface area (TPSA) is 54.2 Å². The standard InChI is InChI=1S/C16H29N5S/c1-4-17-16(18-8-9-21-12-13(2)11-19-21)20-14-6-5-7-15(10-14)22-3/h11-12,14-15H,4-10H2,1-3H3,(H2,17,18,20). The van der Waals surface area contributed by atoms with E-state index in [2.05, 4.69) is 47.0 Å². The van der Waals surface area contributed by atoms with E-state index in [-0.39, 0.29) is 0 Å². The number of nitrogens with zero attached hydrogens (tertiary/aromatic N) is 3. The molecule has 0 spiro atoms. The van der Waals surface area contributed by atoms with Crippen molar-refractivity contribution in [3.05, 3.63) is 18.0 Å². The van der Waals surface area contributed by atoms with E-state index in [4.69, 9.17) is 0 Å². The van der Waals surface area contributed by atoms with Crippen molar-refractivity contribution in [3.8, 4) is 0 Å². The highest BCUT2D eigenvalue weighted by Crippen LogP contribution is 2.26. The first-order chi connectivity index (χ1) is 10.7.